The molecule has 0 saturated heterocycles. The number of nitrogens with one attached hydrogen (secondary N) is 1. The molecule has 0 radical (unpaired) electrons. The second-order valence-corrected chi connectivity index (χ2v) is 4.51. The highest BCUT2D eigenvalue weighted by Gasteiger charge is 2.10. The summed E-state index contributed by atoms with van der Waals surface area (Å²) in [5.74, 6) is -0.193. The standard InChI is InChI=1S/C14H18N4O2/c1-10-3-4-11(15)7-13(10)14(19)17-12-8-16-18(9-12)5-6-20-2/h3-4,7-9H,5-6,15H2,1-2H3,(H,17,19). The SMILES string of the molecule is COCCn1cc(NC(=O)c2cc(N)ccc2C)cn1. The van der Waals surface area contributed by atoms with Crippen molar-refractivity contribution in [2.45, 2.75) is 13.5 Å². The van der Waals surface area contributed by atoms with E-state index in [0.29, 0.717) is 30.1 Å². The number of rotatable bonds is 5. The largest absolute Gasteiger partial charge is 0.399 e. The number of amides is 1. The second kappa shape index (κ2) is 6.21. The number of anilines is 2. The van der Waals surface area contributed by atoms with Crippen LogP contribution in [0.2, 0.25) is 0 Å². The molecule has 0 aliphatic carbocycles. The molecule has 0 aliphatic rings. The topological polar surface area (TPSA) is 82.2 Å². The fourth-order valence-electron chi connectivity index (χ4n) is 1.82. The van der Waals surface area contributed by atoms with Gasteiger partial charge in [0.05, 0.1) is 25.0 Å². The number of benzene rings is 1. The zero-order valence-corrected chi connectivity index (χ0v) is 11.6. The highest BCUT2D eigenvalue weighted by atomic mass is 16.5. The van der Waals surface area contributed by atoms with E-state index in [-0.39, 0.29) is 5.91 Å². The number of hydrogen-bond acceptors (Lipinski definition) is 4. The van der Waals surface area contributed by atoms with E-state index >= 15 is 0 Å². The zero-order valence-electron chi connectivity index (χ0n) is 11.6. The third kappa shape index (κ3) is 3.36. The van der Waals surface area contributed by atoms with Crippen LogP contribution in [0.3, 0.4) is 0 Å². The van der Waals surface area contributed by atoms with Gasteiger partial charge in [0.1, 0.15) is 0 Å². The van der Waals surface area contributed by atoms with Crippen LogP contribution in [-0.4, -0.2) is 29.4 Å². The van der Waals surface area contributed by atoms with Gasteiger partial charge in [0.25, 0.3) is 5.91 Å². The minimum Gasteiger partial charge on any atom is -0.399 e. The Bertz CT molecular complexity index is 607. The summed E-state index contributed by atoms with van der Waals surface area (Å²) in [6.07, 6.45) is 3.37. The molecule has 0 fully saturated rings. The number of aryl methyl sites for hydroxylation is 1. The van der Waals surface area contributed by atoms with Crippen LogP contribution in [0.25, 0.3) is 0 Å². The predicted octanol–water partition coefficient (Wildman–Crippen LogP) is 1.67. The molecule has 0 aliphatic heterocycles. The summed E-state index contributed by atoms with van der Waals surface area (Å²) in [5.41, 5.74) is 8.36. The molecule has 1 aromatic heterocycles. The molecule has 2 aromatic rings. The lowest BCUT2D eigenvalue weighted by Gasteiger charge is -2.06. The van der Waals surface area contributed by atoms with E-state index in [4.69, 9.17) is 10.5 Å². The van der Waals surface area contributed by atoms with Gasteiger partial charge in [-0.25, -0.2) is 0 Å². The number of hydrogen-bond donors (Lipinski definition) is 2. The van der Waals surface area contributed by atoms with E-state index in [9.17, 15) is 4.79 Å². The fourth-order valence-corrected chi connectivity index (χ4v) is 1.82. The maximum absolute atomic E-state index is 12.2. The predicted molar refractivity (Wildman–Crippen MR) is 77.6 cm³/mol. The van der Waals surface area contributed by atoms with Crippen molar-refractivity contribution in [1.82, 2.24) is 9.78 Å². The minimum absolute atomic E-state index is 0.193. The Morgan fingerprint density at radius 3 is 3.05 bits per heavy atom. The molecule has 20 heavy (non-hydrogen) atoms. The van der Waals surface area contributed by atoms with Crippen LogP contribution in [0.1, 0.15) is 15.9 Å². The first kappa shape index (κ1) is 14.1. The van der Waals surface area contributed by atoms with Crippen molar-refractivity contribution in [3.63, 3.8) is 0 Å². The van der Waals surface area contributed by atoms with Gasteiger partial charge >= 0.3 is 0 Å². The van der Waals surface area contributed by atoms with Crippen LogP contribution >= 0.6 is 0 Å². The molecular formula is C14H18N4O2. The molecule has 6 nitrogen and oxygen atoms in total. The second-order valence-electron chi connectivity index (χ2n) is 4.51. The number of carbonyl (C=O) groups excluding carboxylic acids is 1. The number of aromatic nitrogens is 2. The van der Waals surface area contributed by atoms with Gasteiger partial charge in [-0.3, -0.25) is 9.48 Å². The van der Waals surface area contributed by atoms with Crippen molar-refractivity contribution in [3.05, 3.63) is 41.7 Å². The summed E-state index contributed by atoms with van der Waals surface area (Å²) in [5, 5.41) is 6.94. The molecule has 0 spiro atoms. The number of nitrogens with two attached hydrogens (primary N) is 1. The van der Waals surface area contributed by atoms with Crippen molar-refractivity contribution in [1.29, 1.82) is 0 Å². The Morgan fingerprint density at radius 2 is 2.30 bits per heavy atom. The Kier molecular flexibility index (Phi) is 4.37. The molecule has 0 unspecified atom stereocenters. The maximum Gasteiger partial charge on any atom is 0.256 e. The van der Waals surface area contributed by atoms with Gasteiger partial charge in [-0.15, -0.1) is 0 Å². The number of nitrogen functional groups attached to an aromatic ring is 1. The van der Waals surface area contributed by atoms with Crippen LogP contribution in [0, 0.1) is 6.92 Å². The van der Waals surface area contributed by atoms with Gasteiger partial charge in [-0.1, -0.05) is 6.07 Å². The molecule has 106 valence electrons. The maximum atomic E-state index is 12.2. The molecule has 3 N–H and O–H groups in total. The molecule has 1 aromatic carbocycles. The van der Waals surface area contributed by atoms with E-state index < -0.39 is 0 Å². The molecule has 1 amide bonds. The normalized spacial score (nSPS) is 10.5. The highest BCUT2D eigenvalue weighted by Crippen LogP contribution is 2.15. The number of carbonyl (C=O) groups is 1. The summed E-state index contributed by atoms with van der Waals surface area (Å²) in [6.45, 7) is 3.09. The number of methoxy groups -OCH3 is 1. The van der Waals surface area contributed by atoms with Gasteiger partial charge in [0, 0.05) is 24.6 Å². The summed E-state index contributed by atoms with van der Waals surface area (Å²) < 4.78 is 6.69. The van der Waals surface area contributed by atoms with Crippen LogP contribution in [0.15, 0.2) is 30.6 Å². The molecule has 1 heterocycles. The fraction of sp³-hybridized carbons (Fsp3) is 0.286. The monoisotopic (exact) mass is 274 g/mol. The van der Waals surface area contributed by atoms with Crippen molar-refractivity contribution in [2.24, 2.45) is 0 Å². The number of nitrogens with zero attached hydrogens (tertiary/aromatic N) is 2. The molecular weight excluding hydrogens is 256 g/mol. The Hall–Kier alpha value is -2.34. The van der Waals surface area contributed by atoms with Crippen LogP contribution in [0.5, 0.6) is 0 Å². The van der Waals surface area contributed by atoms with Gasteiger partial charge in [-0.2, -0.15) is 5.10 Å². The van der Waals surface area contributed by atoms with E-state index in [1.165, 1.54) is 0 Å². The van der Waals surface area contributed by atoms with Crippen molar-refractivity contribution >= 4 is 17.3 Å². The summed E-state index contributed by atoms with van der Waals surface area (Å²) in [6, 6.07) is 5.27. The molecule has 2 rings (SSSR count). The van der Waals surface area contributed by atoms with Crippen LogP contribution < -0.4 is 11.1 Å². The van der Waals surface area contributed by atoms with E-state index in [2.05, 4.69) is 10.4 Å². The average Bonchev–Trinajstić information content (AvgIpc) is 2.86. The lowest BCUT2D eigenvalue weighted by atomic mass is 10.1. The molecule has 0 bridgehead atoms. The lowest BCUT2D eigenvalue weighted by molar-refractivity contribution is 0.102. The first-order valence-electron chi connectivity index (χ1n) is 6.29. The third-order valence-electron chi connectivity index (χ3n) is 2.92. The summed E-state index contributed by atoms with van der Waals surface area (Å²) in [4.78, 5) is 12.2. The van der Waals surface area contributed by atoms with Crippen molar-refractivity contribution in [3.8, 4) is 0 Å². The zero-order chi connectivity index (χ0) is 14.5. The smallest absolute Gasteiger partial charge is 0.256 e. The first-order chi connectivity index (χ1) is 9.60. The minimum atomic E-state index is -0.193. The Labute approximate surface area is 117 Å². The van der Waals surface area contributed by atoms with Gasteiger partial charge in [0.2, 0.25) is 0 Å². The van der Waals surface area contributed by atoms with Gasteiger partial charge < -0.3 is 15.8 Å². The Balaban J connectivity index is 2.07. The average molecular weight is 274 g/mol. The summed E-state index contributed by atoms with van der Waals surface area (Å²) >= 11 is 0. The van der Waals surface area contributed by atoms with Crippen LogP contribution in [-0.2, 0) is 11.3 Å². The van der Waals surface area contributed by atoms with Gasteiger partial charge in [0.15, 0.2) is 0 Å². The van der Waals surface area contributed by atoms with Crippen molar-refractivity contribution < 1.29 is 9.53 Å². The van der Waals surface area contributed by atoms with E-state index in [0.717, 1.165) is 5.56 Å². The number of ether oxygens (including phenoxy) is 1. The molecule has 6 heteroatoms. The quantitative estimate of drug-likeness (QED) is 0.813. The Morgan fingerprint density at radius 1 is 1.50 bits per heavy atom. The first-order valence-corrected chi connectivity index (χ1v) is 6.29. The van der Waals surface area contributed by atoms with Crippen LogP contribution in [0.4, 0.5) is 11.4 Å². The molecule has 0 saturated carbocycles. The van der Waals surface area contributed by atoms with Gasteiger partial charge in [-0.05, 0) is 24.6 Å². The molecule has 0 atom stereocenters. The van der Waals surface area contributed by atoms with Crippen molar-refractivity contribution in [2.75, 3.05) is 24.8 Å². The third-order valence-corrected chi connectivity index (χ3v) is 2.92. The van der Waals surface area contributed by atoms with E-state index in [1.807, 2.05) is 13.0 Å². The highest BCUT2D eigenvalue weighted by molar-refractivity contribution is 6.05. The van der Waals surface area contributed by atoms with E-state index in [1.54, 1.807) is 36.3 Å². The summed E-state index contributed by atoms with van der Waals surface area (Å²) in [7, 11) is 1.63. The lowest BCUT2D eigenvalue weighted by Crippen LogP contribution is -2.13.